The molecule has 0 radical (unpaired) electrons. The van der Waals surface area contributed by atoms with Crippen LogP contribution < -0.4 is 10.5 Å². The smallest absolute Gasteiger partial charge is 0.323 e. The molecule has 1 atom stereocenters. The summed E-state index contributed by atoms with van der Waals surface area (Å²) in [6.07, 6.45) is 1.96. The highest BCUT2D eigenvalue weighted by Gasteiger charge is 2.26. The van der Waals surface area contributed by atoms with Gasteiger partial charge in [0.25, 0.3) is 0 Å². The summed E-state index contributed by atoms with van der Waals surface area (Å²) in [5.74, 6) is -0.125. The monoisotopic (exact) mass is 287 g/mol. The summed E-state index contributed by atoms with van der Waals surface area (Å²) >= 11 is 0. The fraction of sp³-hybridized carbons (Fsp3) is 0.353. The molecule has 0 saturated carbocycles. The minimum atomic E-state index is -1.15. The SMILES string of the molecule is CC(N)(CCCCOc1ccc2ccccc2c1)C(=O)O. The number of fused-ring (bicyclic) bond motifs is 1. The van der Waals surface area contributed by atoms with Crippen LogP contribution >= 0.6 is 0 Å². The molecule has 21 heavy (non-hydrogen) atoms. The molecule has 0 aliphatic rings. The van der Waals surface area contributed by atoms with Crippen LogP contribution in [0.2, 0.25) is 0 Å². The summed E-state index contributed by atoms with van der Waals surface area (Å²) in [6, 6.07) is 14.1. The zero-order valence-corrected chi connectivity index (χ0v) is 12.2. The highest BCUT2D eigenvalue weighted by atomic mass is 16.5. The molecule has 0 aromatic heterocycles. The number of carboxylic acid groups (broad SMARTS) is 1. The van der Waals surface area contributed by atoms with E-state index in [2.05, 4.69) is 12.1 Å². The van der Waals surface area contributed by atoms with Gasteiger partial charge in [-0.25, -0.2) is 0 Å². The summed E-state index contributed by atoms with van der Waals surface area (Å²) in [7, 11) is 0. The second-order valence-electron chi connectivity index (χ2n) is 5.54. The van der Waals surface area contributed by atoms with E-state index in [4.69, 9.17) is 15.6 Å². The molecule has 3 N–H and O–H groups in total. The van der Waals surface area contributed by atoms with Gasteiger partial charge in [-0.2, -0.15) is 0 Å². The van der Waals surface area contributed by atoms with Crippen molar-refractivity contribution >= 4 is 16.7 Å². The molecule has 0 fully saturated rings. The molecule has 2 rings (SSSR count). The van der Waals surface area contributed by atoms with Crippen molar-refractivity contribution in [3.8, 4) is 5.75 Å². The Morgan fingerprint density at radius 2 is 1.90 bits per heavy atom. The van der Waals surface area contributed by atoms with Gasteiger partial charge in [-0.05, 0) is 49.1 Å². The minimum Gasteiger partial charge on any atom is -0.494 e. The molecule has 112 valence electrons. The van der Waals surface area contributed by atoms with Crippen LogP contribution in [0.25, 0.3) is 10.8 Å². The van der Waals surface area contributed by atoms with Crippen molar-refractivity contribution in [3.63, 3.8) is 0 Å². The predicted molar refractivity (Wildman–Crippen MR) is 83.5 cm³/mol. The first-order chi connectivity index (χ1) is 9.99. The first kappa shape index (κ1) is 15.3. The number of benzene rings is 2. The van der Waals surface area contributed by atoms with Crippen molar-refractivity contribution in [2.75, 3.05) is 6.61 Å². The molecule has 1 unspecified atom stereocenters. The van der Waals surface area contributed by atoms with Crippen molar-refractivity contribution in [1.29, 1.82) is 0 Å². The number of aliphatic carboxylic acids is 1. The van der Waals surface area contributed by atoms with Crippen molar-refractivity contribution in [3.05, 3.63) is 42.5 Å². The summed E-state index contributed by atoms with van der Waals surface area (Å²) < 4.78 is 5.70. The fourth-order valence-corrected chi connectivity index (χ4v) is 2.15. The van der Waals surface area contributed by atoms with Crippen LogP contribution in [-0.4, -0.2) is 23.2 Å². The number of hydrogen-bond donors (Lipinski definition) is 2. The molecular formula is C17H21NO3. The van der Waals surface area contributed by atoms with E-state index in [0.29, 0.717) is 13.0 Å². The molecule has 0 saturated heterocycles. The molecule has 4 nitrogen and oxygen atoms in total. The van der Waals surface area contributed by atoms with Gasteiger partial charge < -0.3 is 15.6 Å². The Bertz CT molecular complexity index is 622. The third kappa shape index (κ3) is 4.20. The lowest BCUT2D eigenvalue weighted by molar-refractivity contribution is -0.142. The Morgan fingerprint density at radius 1 is 1.19 bits per heavy atom. The van der Waals surface area contributed by atoms with Gasteiger partial charge in [-0.1, -0.05) is 30.3 Å². The molecule has 0 aliphatic carbocycles. The van der Waals surface area contributed by atoms with Gasteiger partial charge in [0.05, 0.1) is 6.61 Å². The van der Waals surface area contributed by atoms with E-state index >= 15 is 0 Å². The summed E-state index contributed by atoms with van der Waals surface area (Å²) in [4.78, 5) is 10.9. The van der Waals surface area contributed by atoms with Crippen LogP contribution in [-0.2, 0) is 4.79 Å². The Labute approximate surface area is 124 Å². The predicted octanol–water partition coefficient (Wildman–Crippen LogP) is 3.19. The van der Waals surface area contributed by atoms with Crippen LogP contribution in [0.5, 0.6) is 5.75 Å². The first-order valence-corrected chi connectivity index (χ1v) is 7.13. The van der Waals surface area contributed by atoms with Gasteiger partial charge in [-0.15, -0.1) is 0 Å². The third-order valence-corrected chi connectivity index (χ3v) is 3.57. The van der Waals surface area contributed by atoms with Crippen molar-refractivity contribution in [2.45, 2.75) is 31.7 Å². The van der Waals surface area contributed by atoms with Gasteiger partial charge in [0.2, 0.25) is 0 Å². The van der Waals surface area contributed by atoms with Crippen molar-refractivity contribution < 1.29 is 14.6 Å². The quantitative estimate of drug-likeness (QED) is 0.767. The Balaban J connectivity index is 1.79. The molecular weight excluding hydrogens is 266 g/mol. The van der Waals surface area contributed by atoms with E-state index in [0.717, 1.165) is 24.0 Å². The van der Waals surface area contributed by atoms with E-state index in [1.54, 1.807) is 6.92 Å². The van der Waals surface area contributed by atoms with Gasteiger partial charge in [0, 0.05) is 0 Å². The molecule has 0 bridgehead atoms. The topological polar surface area (TPSA) is 72.5 Å². The van der Waals surface area contributed by atoms with Crippen LogP contribution in [0.15, 0.2) is 42.5 Å². The Hall–Kier alpha value is -2.07. The average molecular weight is 287 g/mol. The maximum atomic E-state index is 10.9. The largest absolute Gasteiger partial charge is 0.494 e. The van der Waals surface area contributed by atoms with Crippen LogP contribution in [0.4, 0.5) is 0 Å². The molecule has 0 heterocycles. The highest BCUT2D eigenvalue weighted by Crippen LogP contribution is 2.21. The molecule has 0 spiro atoms. The zero-order chi connectivity index (χ0) is 15.3. The van der Waals surface area contributed by atoms with Crippen molar-refractivity contribution in [1.82, 2.24) is 0 Å². The normalized spacial score (nSPS) is 13.8. The molecule has 0 amide bonds. The molecule has 2 aromatic carbocycles. The van der Waals surface area contributed by atoms with Gasteiger partial charge in [0.1, 0.15) is 11.3 Å². The van der Waals surface area contributed by atoms with Crippen LogP contribution in [0.3, 0.4) is 0 Å². The minimum absolute atomic E-state index is 0.448. The number of nitrogens with two attached hydrogens (primary N) is 1. The maximum Gasteiger partial charge on any atom is 0.323 e. The zero-order valence-electron chi connectivity index (χ0n) is 12.2. The van der Waals surface area contributed by atoms with E-state index in [-0.39, 0.29) is 0 Å². The van der Waals surface area contributed by atoms with Gasteiger partial charge in [-0.3, -0.25) is 4.79 Å². The Morgan fingerprint density at radius 3 is 2.62 bits per heavy atom. The summed E-state index contributed by atoms with van der Waals surface area (Å²) in [5, 5.41) is 11.3. The number of carbonyl (C=O) groups is 1. The molecule has 2 aromatic rings. The standard InChI is InChI=1S/C17H21NO3/c1-17(18,16(19)20)10-4-5-11-21-15-9-8-13-6-2-3-7-14(13)12-15/h2-3,6-9,12H,4-5,10-11,18H2,1H3,(H,19,20). The number of carboxylic acids is 1. The maximum absolute atomic E-state index is 10.9. The summed E-state index contributed by atoms with van der Waals surface area (Å²) in [6.45, 7) is 2.10. The van der Waals surface area contributed by atoms with Gasteiger partial charge >= 0.3 is 5.97 Å². The van der Waals surface area contributed by atoms with Gasteiger partial charge in [0.15, 0.2) is 0 Å². The first-order valence-electron chi connectivity index (χ1n) is 7.13. The number of ether oxygens (including phenoxy) is 1. The van der Waals surface area contributed by atoms with Crippen LogP contribution in [0, 0.1) is 0 Å². The van der Waals surface area contributed by atoms with Crippen molar-refractivity contribution in [2.24, 2.45) is 5.73 Å². The number of unbranched alkanes of at least 4 members (excludes halogenated alkanes) is 1. The van der Waals surface area contributed by atoms with E-state index in [1.165, 1.54) is 5.39 Å². The number of hydrogen-bond acceptors (Lipinski definition) is 3. The average Bonchev–Trinajstić information content (AvgIpc) is 2.46. The third-order valence-electron chi connectivity index (χ3n) is 3.57. The fourth-order valence-electron chi connectivity index (χ4n) is 2.15. The molecule has 4 heteroatoms. The lowest BCUT2D eigenvalue weighted by atomic mass is 9.97. The van der Waals surface area contributed by atoms with E-state index < -0.39 is 11.5 Å². The van der Waals surface area contributed by atoms with E-state index in [1.807, 2.05) is 30.3 Å². The lowest BCUT2D eigenvalue weighted by Crippen LogP contribution is -2.44. The summed E-state index contributed by atoms with van der Waals surface area (Å²) in [5.41, 5.74) is 4.52. The van der Waals surface area contributed by atoms with Crippen LogP contribution in [0.1, 0.15) is 26.2 Å². The second-order valence-corrected chi connectivity index (χ2v) is 5.54. The van der Waals surface area contributed by atoms with E-state index in [9.17, 15) is 4.79 Å². The second kappa shape index (κ2) is 6.59. The molecule has 0 aliphatic heterocycles. The Kier molecular flexibility index (Phi) is 4.81. The lowest BCUT2D eigenvalue weighted by Gasteiger charge is -2.18. The highest BCUT2D eigenvalue weighted by molar-refractivity contribution is 5.83. The number of rotatable bonds is 7.